The van der Waals surface area contributed by atoms with Crippen LogP contribution >= 0.6 is 22.9 Å². The van der Waals surface area contributed by atoms with Gasteiger partial charge in [-0.15, -0.1) is 11.3 Å². The molecule has 0 saturated carbocycles. The van der Waals surface area contributed by atoms with Crippen LogP contribution in [0.3, 0.4) is 0 Å². The normalized spacial score (nSPS) is 16.1. The minimum Gasteiger partial charge on any atom is -0.337 e. The van der Waals surface area contributed by atoms with E-state index in [1.165, 1.54) is 17.4 Å². The van der Waals surface area contributed by atoms with Gasteiger partial charge in [0.15, 0.2) is 0 Å². The van der Waals surface area contributed by atoms with Gasteiger partial charge in [-0.25, -0.2) is 4.98 Å². The Morgan fingerprint density at radius 3 is 2.84 bits per heavy atom. The summed E-state index contributed by atoms with van der Waals surface area (Å²) in [6.07, 6.45) is 7.28. The fraction of sp³-hybridized carbons (Fsp3) is 0.333. The summed E-state index contributed by atoms with van der Waals surface area (Å²) in [6, 6.07) is 6.94. The van der Waals surface area contributed by atoms with Crippen LogP contribution in [0, 0.1) is 0 Å². The van der Waals surface area contributed by atoms with E-state index in [1.54, 1.807) is 23.6 Å². The lowest BCUT2D eigenvalue weighted by atomic mass is 10.1. The van der Waals surface area contributed by atoms with Crippen LogP contribution in [0.15, 0.2) is 54.5 Å². The van der Waals surface area contributed by atoms with Crippen molar-refractivity contribution in [1.82, 2.24) is 19.4 Å². The minimum atomic E-state index is -0.360. The number of para-hydroxylation sites is 1. The summed E-state index contributed by atoms with van der Waals surface area (Å²) in [5.41, 5.74) is 1.77. The molecule has 0 radical (unpaired) electrons. The molecule has 0 aliphatic carbocycles. The average Bonchev–Trinajstić information content (AvgIpc) is 3.41. The van der Waals surface area contributed by atoms with Gasteiger partial charge < -0.3 is 19.7 Å². The molecule has 3 amide bonds. The van der Waals surface area contributed by atoms with Crippen molar-refractivity contribution < 1.29 is 14.4 Å². The van der Waals surface area contributed by atoms with Crippen LogP contribution in [0.1, 0.15) is 35.7 Å². The topological polar surface area (TPSA) is 99.6 Å². The summed E-state index contributed by atoms with van der Waals surface area (Å²) in [4.78, 5) is 46.3. The lowest BCUT2D eigenvalue weighted by Gasteiger charge is -2.26. The fourth-order valence-corrected chi connectivity index (χ4v) is 5.46. The summed E-state index contributed by atoms with van der Waals surface area (Å²) < 4.78 is 1.96. The van der Waals surface area contributed by atoms with Gasteiger partial charge in [0.25, 0.3) is 5.91 Å². The molecule has 2 aromatic heterocycles. The number of nitrogens with zero attached hydrogens (tertiary/aromatic N) is 4. The van der Waals surface area contributed by atoms with Crippen molar-refractivity contribution >= 4 is 62.6 Å². The number of likely N-dealkylation sites (tertiary alicyclic amines) is 1. The molecule has 1 aromatic carbocycles. The molecule has 3 aromatic rings. The summed E-state index contributed by atoms with van der Waals surface area (Å²) in [5, 5.41) is 8.33. The fourth-order valence-electron chi connectivity index (χ4n) is 4.42. The van der Waals surface area contributed by atoms with Crippen LogP contribution in [-0.4, -0.2) is 70.8 Å². The second-order valence-electron chi connectivity index (χ2n) is 9.36. The van der Waals surface area contributed by atoms with Crippen LogP contribution in [0.4, 0.5) is 10.9 Å². The van der Waals surface area contributed by atoms with Gasteiger partial charge >= 0.3 is 0 Å². The zero-order valence-electron chi connectivity index (χ0n) is 21.4. The van der Waals surface area contributed by atoms with Crippen molar-refractivity contribution in [1.29, 1.82) is 0 Å². The highest BCUT2D eigenvalue weighted by Crippen LogP contribution is 2.34. The zero-order chi connectivity index (χ0) is 27.2. The Hall–Kier alpha value is -3.47. The number of fused-ring (bicyclic) bond motifs is 1. The number of carbonyl (C=O) groups excluding carboxylic acids is 3. The van der Waals surface area contributed by atoms with E-state index in [4.69, 9.17) is 16.6 Å². The van der Waals surface area contributed by atoms with E-state index in [0.717, 1.165) is 24.8 Å². The molecule has 9 nitrogen and oxygen atoms in total. The second kappa shape index (κ2) is 12.4. The van der Waals surface area contributed by atoms with Crippen LogP contribution in [0.2, 0.25) is 5.02 Å². The maximum Gasteiger partial charge on any atom is 0.258 e. The molecule has 1 saturated heterocycles. The smallest absolute Gasteiger partial charge is 0.258 e. The Balaban J connectivity index is 1.63. The van der Waals surface area contributed by atoms with E-state index in [-0.39, 0.29) is 23.8 Å². The molecule has 1 aliphatic rings. The number of hydrogen-bond donors (Lipinski definition) is 2. The monoisotopic (exact) mass is 554 g/mol. The SMILES string of the molecule is C=CC(=O)Nc1cc(C(=O)Nc2nc3cccc(Cl)c3n2[C@@H]2CCCCN(C(=O)/C=C/CN(C)C)C2)cs1. The zero-order valence-corrected chi connectivity index (χ0v) is 23.0. The summed E-state index contributed by atoms with van der Waals surface area (Å²) in [6.45, 7) is 5.26. The van der Waals surface area contributed by atoms with Crippen LogP contribution in [0.25, 0.3) is 11.0 Å². The number of anilines is 2. The van der Waals surface area contributed by atoms with Gasteiger partial charge in [-0.05, 0) is 57.6 Å². The van der Waals surface area contributed by atoms with Crippen molar-refractivity contribution in [2.24, 2.45) is 0 Å². The standard InChI is InChI=1S/C27H31ClN6O3S/c1-4-22(35)30-23-15-18(17-38-23)26(37)31-27-29-21-11-7-10-20(28)25(21)34(27)19-9-5-6-14-33(16-19)24(36)12-8-13-32(2)3/h4,7-8,10-12,15,17,19H,1,5-6,9,13-14,16H2,2-3H3,(H,30,35)(H,29,31,37)/b12-8+/t19-/m1/s1. The molecule has 200 valence electrons. The third kappa shape index (κ3) is 6.50. The van der Waals surface area contributed by atoms with Gasteiger partial charge in [0.2, 0.25) is 17.8 Å². The van der Waals surface area contributed by atoms with Gasteiger partial charge in [-0.2, -0.15) is 0 Å². The molecular weight excluding hydrogens is 524 g/mol. The van der Waals surface area contributed by atoms with Crippen molar-refractivity contribution in [3.63, 3.8) is 0 Å². The summed E-state index contributed by atoms with van der Waals surface area (Å²) in [5.74, 6) is -0.379. The maximum absolute atomic E-state index is 13.2. The first-order valence-corrected chi connectivity index (χ1v) is 13.6. The highest BCUT2D eigenvalue weighted by Gasteiger charge is 2.27. The van der Waals surface area contributed by atoms with E-state index >= 15 is 0 Å². The second-order valence-corrected chi connectivity index (χ2v) is 10.7. The molecule has 4 rings (SSSR count). The molecule has 11 heteroatoms. The van der Waals surface area contributed by atoms with Crippen molar-refractivity contribution in [2.45, 2.75) is 25.3 Å². The molecule has 3 heterocycles. The number of carbonyl (C=O) groups is 3. The molecule has 0 unspecified atom stereocenters. The minimum absolute atomic E-state index is 0.0350. The van der Waals surface area contributed by atoms with Gasteiger partial charge in [-0.1, -0.05) is 30.3 Å². The summed E-state index contributed by atoms with van der Waals surface area (Å²) >= 11 is 7.88. The lowest BCUT2D eigenvalue weighted by molar-refractivity contribution is -0.126. The number of likely N-dealkylation sites (N-methyl/N-ethyl adjacent to an activating group) is 1. The molecule has 0 bridgehead atoms. The Bertz CT molecular complexity index is 1380. The Morgan fingerprint density at radius 1 is 1.26 bits per heavy atom. The van der Waals surface area contributed by atoms with Gasteiger partial charge in [0.1, 0.15) is 0 Å². The molecule has 2 N–H and O–H groups in total. The van der Waals surface area contributed by atoms with E-state index in [1.807, 2.05) is 46.7 Å². The Morgan fingerprint density at radius 2 is 2.08 bits per heavy atom. The highest BCUT2D eigenvalue weighted by atomic mass is 35.5. The van der Waals surface area contributed by atoms with Crippen LogP contribution in [-0.2, 0) is 9.59 Å². The van der Waals surface area contributed by atoms with Crippen LogP contribution < -0.4 is 10.6 Å². The van der Waals surface area contributed by atoms with Crippen molar-refractivity contribution in [3.05, 3.63) is 65.0 Å². The first-order chi connectivity index (χ1) is 18.3. The van der Waals surface area contributed by atoms with E-state index in [0.29, 0.717) is 46.7 Å². The quantitative estimate of drug-likeness (QED) is 0.390. The van der Waals surface area contributed by atoms with E-state index in [2.05, 4.69) is 17.2 Å². The predicted octanol–water partition coefficient (Wildman–Crippen LogP) is 4.80. The molecule has 38 heavy (non-hydrogen) atoms. The first-order valence-electron chi connectivity index (χ1n) is 12.4. The molecular formula is C27H31ClN6O3S. The van der Waals surface area contributed by atoms with Crippen LogP contribution in [0.5, 0.6) is 0 Å². The number of nitrogens with one attached hydrogen (secondary N) is 2. The largest absolute Gasteiger partial charge is 0.337 e. The molecule has 0 spiro atoms. The number of thiophene rings is 1. The number of imidazole rings is 1. The number of rotatable bonds is 8. The molecule has 1 atom stereocenters. The first kappa shape index (κ1) is 27.6. The number of hydrogen-bond acceptors (Lipinski definition) is 6. The van der Waals surface area contributed by atoms with E-state index < -0.39 is 0 Å². The highest BCUT2D eigenvalue weighted by molar-refractivity contribution is 7.14. The Labute approximate surface area is 230 Å². The number of halogens is 1. The predicted molar refractivity (Wildman–Crippen MR) is 153 cm³/mol. The third-order valence-corrected chi connectivity index (χ3v) is 7.38. The van der Waals surface area contributed by atoms with Crippen molar-refractivity contribution in [2.75, 3.05) is 44.4 Å². The van der Waals surface area contributed by atoms with Gasteiger partial charge in [0.05, 0.1) is 32.7 Å². The lowest BCUT2D eigenvalue weighted by Crippen LogP contribution is -2.34. The number of aromatic nitrogens is 2. The van der Waals surface area contributed by atoms with Gasteiger partial charge in [-0.3, -0.25) is 19.7 Å². The molecule has 1 fully saturated rings. The Kier molecular flexibility index (Phi) is 8.98. The average molecular weight is 555 g/mol. The summed E-state index contributed by atoms with van der Waals surface area (Å²) in [7, 11) is 3.91. The maximum atomic E-state index is 13.2. The third-order valence-electron chi connectivity index (χ3n) is 6.23. The van der Waals surface area contributed by atoms with Gasteiger partial charge in [0, 0.05) is 31.1 Å². The number of benzene rings is 1. The van der Waals surface area contributed by atoms with Crippen molar-refractivity contribution in [3.8, 4) is 0 Å². The number of amides is 3. The van der Waals surface area contributed by atoms with E-state index in [9.17, 15) is 14.4 Å². The molecule has 1 aliphatic heterocycles.